The molecule has 0 saturated heterocycles. The Morgan fingerprint density at radius 1 is 1.27 bits per heavy atom. The van der Waals surface area contributed by atoms with Crippen molar-refractivity contribution >= 4 is 27.5 Å². The number of amides is 1. The lowest BCUT2D eigenvalue weighted by Crippen LogP contribution is -2.44. The number of ether oxygens (including phenoxy) is 1. The van der Waals surface area contributed by atoms with Crippen molar-refractivity contribution in [2.75, 3.05) is 16.2 Å². The van der Waals surface area contributed by atoms with Gasteiger partial charge in [0.25, 0.3) is 10.0 Å². The fraction of sp³-hybridized carbons (Fsp3) is 0.333. The summed E-state index contributed by atoms with van der Waals surface area (Å²) in [5.74, 6) is 0.117. The van der Waals surface area contributed by atoms with Crippen molar-refractivity contribution in [1.29, 1.82) is 5.26 Å². The number of fused-ring (bicyclic) bond motifs is 1. The average Bonchev–Trinajstić information content (AvgIpc) is 3.52. The van der Waals surface area contributed by atoms with Crippen LogP contribution >= 0.6 is 0 Å². The molecule has 0 aromatic heterocycles. The van der Waals surface area contributed by atoms with Crippen LogP contribution in [0, 0.1) is 16.7 Å². The van der Waals surface area contributed by atoms with Crippen LogP contribution in [0.4, 0.5) is 29.3 Å². The molecule has 2 aliphatic rings. The summed E-state index contributed by atoms with van der Waals surface area (Å²) in [6, 6.07) is 9.60. The molecule has 1 atom stereocenters. The molecule has 1 amide bonds. The molecule has 0 radical (unpaired) electrons. The maximum Gasteiger partial charge on any atom is 0.416 e. The number of nitrogens with zero attached hydrogens (tertiary/aromatic N) is 2. The van der Waals surface area contributed by atoms with Gasteiger partial charge in [-0.2, -0.15) is 18.4 Å². The quantitative estimate of drug-likeness (QED) is 0.651. The molecule has 4 rings (SSSR count). The number of alkyl halides is 3. The first kappa shape index (κ1) is 22.7. The van der Waals surface area contributed by atoms with Crippen molar-refractivity contribution in [3.05, 3.63) is 48.0 Å². The maximum atomic E-state index is 13.5. The molecule has 33 heavy (non-hydrogen) atoms. The molecule has 1 aliphatic heterocycles. The van der Waals surface area contributed by atoms with Crippen molar-refractivity contribution < 1.29 is 36.2 Å². The number of carboxylic acid groups (broad SMARTS) is 1. The summed E-state index contributed by atoms with van der Waals surface area (Å²) in [5.41, 5.74) is -1.69. The van der Waals surface area contributed by atoms with Crippen molar-refractivity contribution in [2.45, 2.75) is 36.4 Å². The van der Waals surface area contributed by atoms with Gasteiger partial charge in [-0.05, 0) is 49.2 Å². The highest BCUT2D eigenvalue weighted by Crippen LogP contribution is 2.51. The van der Waals surface area contributed by atoms with Crippen LogP contribution in [0.25, 0.3) is 0 Å². The lowest BCUT2D eigenvalue weighted by atomic mass is 9.99. The van der Waals surface area contributed by atoms with Gasteiger partial charge in [0.1, 0.15) is 11.9 Å². The number of hydrogen-bond donors (Lipinski definition) is 2. The Morgan fingerprint density at radius 2 is 2.00 bits per heavy atom. The van der Waals surface area contributed by atoms with Gasteiger partial charge < -0.3 is 9.84 Å². The molecule has 0 spiro atoms. The highest BCUT2D eigenvalue weighted by atomic mass is 32.2. The lowest BCUT2D eigenvalue weighted by Gasteiger charge is -2.36. The molecular formula is C21H18F3N3O5S. The number of nitriles is 1. The predicted octanol–water partition coefficient (Wildman–Crippen LogP) is 4.45. The Kier molecular flexibility index (Phi) is 5.40. The van der Waals surface area contributed by atoms with E-state index in [1.54, 1.807) is 0 Å². The topological polar surface area (TPSA) is 120 Å². The fourth-order valence-corrected chi connectivity index (χ4v) is 5.30. The molecule has 1 heterocycles. The Labute approximate surface area is 187 Å². The third-order valence-corrected chi connectivity index (χ3v) is 7.38. The fourth-order valence-electron chi connectivity index (χ4n) is 3.76. The van der Waals surface area contributed by atoms with Crippen LogP contribution in [-0.4, -0.2) is 32.3 Å². The van der Waals surface area contributed by atoms with Gasteiger partial charge in [-0.15, -0.1) is 0 Å². The van der Waals surface area contributed by atoms with E-state index in [0.717, 1.165) is 22.5 Å². The predicted molar refractivity (Wildman–Crippen MR) is 110 cm³/mol. The number of halogens is 3. The SMILES string of the molecule is N#CC1(CC2CN(S(=O)(=O)c3cccc(C(F)(F)F)c3)c3cc(NC(=O)O)ccc3O2)CC1. The molecule has 1 unspecified atom stereocenters. The molecule has 8 nitrogen and oxygen atoms in total. The van der Waals surface area contributed by atoms with E-state index in [0.29, 0.717) is 18.9 Å². The Bertz CT molecular complexity index is 1250. The van der Waals surface area contributed by atoms with Crippen molar-refractivity contribution in [3.8, 4) is 11.8 Å². The monoisotopic (exact) mass is 481 g/mol. The van der Waals surface area contributed by atoms with Crippen molar-refractivity contribution in [3.63, 3.8) is 0 Å². The molecule has 2 aromatic rings. The molecule has 1 aliphatic carbocycles. The second kappa shape index (κ2) is 7.84. The standard InChI is InChI=1S/C21H18F3N3O5S/c22-21(23,24)13-2-1-3-16(8-13)33(30,31)27-11-15(10-20(12-25)6-7-20)32-18-5-4-14(9-17(18)27)26-19(28)29/h1-5,8-9,15,26H,6-7,10-11H2,(H,28,29). The van der Waals surface area contributed by atoms with E-state index in [1.807, 2.05) is 0 Å². The highest BCUT2D eigenvalue weighted by molar-refractivity contribution is 7.92. The Hall–Kier alpha value is -3.46. The van der Waals surface area contributed by atoms with Crippen LogP contribution in [0.3, 0.4) is 0 Å². The summed E-state index contributed by atoms with van der Waals surface area (Å²) in [7, 11) is -4.48. The molecule has 1 fully saturated rings. The normalized spacial score (nSPS) is 19.1. The lowest BCUT2D eigenvalue weighted by molar-refractivity contribution is -0.137. The number of anilines is 2. The number of sulfonamides is 1. The van der Waals surface area contributed by atoms with Crippen LogP contribution in [0.15, 0.2) is 47.4 Å². The van der Waals surface area contributed by atoms with Crippen LogP contribution in [0.2, 0.25) is 0 Å². The van der Waals surface area contributed by atoms with Gasteiger partial charge in [0.2, 0.25) is 0 Å². The van der Waals surface area contributed by atoms with E-state index >= 15 is 0 Å². The Morgan fingerprint density at radius 3 is 2.61 bits per heavy atom. The van der Waals surface area contributed by atoms with Crippen LogP contribution in [0.1, 0.15) is 24.8 Å². The molecule has 0 bridgehead atoms. The van der Waals surface area contributed by atoms with E-state index in [4.69, 9.17) is 9.84 Å². The van der Waals surface area contributed by atoms with Crippen LogP contribution in [-0.2, 0) is 16.2 Å². The van der Waals surface area contributed by atoms with Crippen LogP contribution < -0.4 is 14.4 Å². The zero-order valence-electron chi connectivity index (χ0n) is 17.0. The molecular weight excluding hydrogens is 463 g/mol. The van der Waals surface area contributed by atoms with Crippen molar-refractivity contribution in [1.82, 2.24) is 0 Å². The highest BCUT2D eigenvalue weighted by Gasteiger charge is 2.47. The number of carbonyl (C=O) groups is 1. The second-order valence-electron chi connectivity index (χ2n) is 8.01. The zero-order valence-corrected chi connectivity index (χ0v) is 17.8. The van der Waals surface area contributed by atoms with E-state index in [-0.39, 0.29) is 30.1 Å². The van der Waals surface area contributed by atoms with Gasteiger partial charge in [-0.25, -0.2) is 13.2 Å². The van der Waals surface area contributed by atoms with Crippen molar-refractivity contribution in [2.24, 2.45) is 5.41 Å². The number of benzene rings is 2. The molecule has 12 heteroatoms. The summed E-state index contributed by atoms with van der Waals surface area (Å²) in [6.07, 6.45) is -5.26. The summed E-state index contributed by atoms with van der Waals surface area (Å²) >= 11 is 0. The minimum atomic E-state index is -4.74. The largest absolute Gasteiger partial charge is 0.486 e. The minimum absolute atomic E-state index is 0.0169. The van der Waals surface area contributed by atoms with E-state index in [9.17, 15) is 31.6 Å². The van der Waals surface area contributed by atoms with Crippen LogP contribution in [0.5, 0.6) is 5.75 Å². The molecule has 2 N–H and O–H groups in total. The first-order valence-corrected chi connectivity index (χ1v) is 11.3. The first-order chi connectivity index (χ1) is 15.4. The second-order valence-corrected chi connectivity index (χ2v) is 9.87. The average molecular weight is 481 g/mol. The summed E-state index contributed by atoms with van der Waals surface area (Å²) < 4.78 is 73.3. The van der Waals surface area contributed by atoms with Gasteiger partial charge in [0.05, 0.1) is 34.2 Å². The number of nitrogens with one attached hydrogen (secondary N) is 1. The summed E-state index contributed by atoms with van der Waals surface area (Å²) in [4.78, 5) is 10.4. The van der Waals surface area contributed by atoms with E-state index in [2.05, 4.69) is 11.4 Å². The minimum Gasteiger partial charge on any atom is -0.486 e. The zero-order chi connectivity index (χ0) is 24.0. The van der Waals surface area contributed by atoms with Gasteiger partial charge in [-0.3, -0.25) is 9.62 Å². The number of rotatable bonds is 5. The first-order valence-electron chi connectivity index (χ1n) is 9.85. The Balaban J connectivity index is 1.77. The summed E-state index contributed by atoms with van der Waals surface area (Å²) in [5, 5.41) is 20.5. The third kappa shape index (κ3) is 4.54. The van der Waals surface area contributed by atoms with Gasteiger partial charge in [-0.1, -0.05) is 6.07 Å². The number of hydrogen-bond acceptors (Lipinski definition) is 5. The van der Waals surface area contributed by atoms with Gasteiger partial charge >= 0.3 is 12.3 Å². The molecule has 2 aromatic carbocycles. The van der Waals surface area contributed by atoms with E-state index in [1.165, 1.54) is 18.2 Å². The molecule has 174 valence electrons. The summed E-state index contributed by atoms with van der Waals surface area (Å²) in [6.45, 7) is -0.245. The maximum absolute atomic E-state index is 13.5. The molecule has 1 saturated carbocycles. The van der Waals surface area contributed by atoms with Gasteiger partial charge in [0, 0.05) is 12.1 Å². The van der Waals surface area contributed by atoms with Gasteiger partial charge in [0.15, 0.2) is 0 Å². The third-order valence-electron chi connectivity index (χ3n) is 5.60. The smallest absolute Gasteiger partial charge is 0.416 e. The van der Waals surface area contributed by atoms with E-state index < -0.39 is 44.3 Å².